The van der Waals surface area contributed by atoms with E-state index in [0.717, 1.165) is 18.4 Å². The van der Waals surface area contributed by atoms with Gasteiger partial charge in [-0.3, -0.25) is 4.79 Å². The van der Waals surface area contributed by atoms with Gasteiger partial charge in [-0.2, -0.15) is 0 Å². The first-order valence-electron chi connectivity index (χ1n) is 9.94. The second kappa shape index (κ2) is 7.26. The Kier molecular flexibility index (Phi) is 4.93. The lowest BCUT2D eigenvalue weighted by atomic mass is 9.74. The van der Waals surface area contributed by atoms with Gasteiger partial charge in [0.25, 0.3) is 5.91 Å². The third kappa shape index (κ3) is 3.10. The Balaban J connectivity index is 1.79. The fourth-order valence-corrected chi connectivity index (χ4v) is 4.98. The normalized spacial score (nSPS) is 32.6. The first kappa shape index (κ1) is 19.0. The zero-order chi connectivity index (χ0) is 19.9. The summed E-state index contributed by atoms with van der Waals surface area (Å²) in [6.07, 6.45) is 4.22. The van der Waals surface area contributed by atoms with E-state index in [-0.39, 0.29) is 18.0 Å². The van der Waals surface area contributed by atoms with Crippen LogP contribution in [0.2, 0.25) is 0 Å². The second-order valence-electron chi connectivity index (χ2n) is 8.33. The van der Waals surface area contributed by atoms with E-state index < -0.39 is 17.6 Å². The van der Waals surface area contributed by atoms with Gasteiger partial charge < -0.3 is 15.1 Å². The quantitative estimate of drug-likeness (QED) is 0.835. The van der Waals surface area contributed by atoms with Gasteiger partial charge in [0.05, 0.1) is 23.8 Å². The molecule has 2 N–H and O–H groups in total. The summed E-state index contributed by atoms with van der Waals surface area (Å²) in [5.74, 6) is 0.501. The van der Waals surface area contributed by atoms with Gasteiger partial charge in [-0.15, -0.1) is 0 Å². The van der Waals surface area contributed by atoms with Crippen LogP contribution in [-0.4, -0.2) is 49.2 Å². The summed E-state index contributed by atoms with van der Waals surface area (Å²) in [7, 11) is 0. The van der Waals surface area contributed by atoms with Gasteiger partial charge in [-0.05, 0) is 38.2 Å². The minimum absolute atomic E-state index is 0.119. The Bertz CT molecular complexity index is 842. The number of aliphatic hydroxyl groups is 2. The van der Waals surface area contributed by atoms with E-state index in [1.807, 2.05) is 42.2 Å². The number of aromatic nitrogens is 2. The van der Waals surface area contributed by atoms with Crippen LogP contribution in [0.25, 0.3) is 0 Å². The maximum Gasteiger partial charge on any atom is 0.257 e. The topological polar surface area (TPSA) is 86.6 Å². The molecule has 148 valence electrons. The van der Waals surface area contributed by atoms with Crippen LogP contribution in [-0.2, 0) is 0 Å². The SMILES string of the molecule is Cc1ncc(C(=O)N2[C@@H](c3ccccc3)C[C@@]3(C)[C@@H](O)[C@H](O)CCC[C@@H]23)cn1. The van der Waals surface area contributed by atoms with Crippen molar-refractivity contribution < 1.29 is 15.0 Å². The van der Waals surface area contributed by atoms with E-state index in [9.17, 15) is 15.0 Å². The molecule has 4 rings (SSSR count). The molecule has 28 heavy (non-hydrogen) atoms. The van der Waals surface area contributed by atoms with Crippen LogP contribution in [0.4, 0.5) is 0 Å². The molecular formula is C22H27N3O3. The van der Waals surface area contributed by atoms with Crippen molar-refractivity contribution in [3.8, 4) is 0 Å². The van der Waals surface area contributed by atoms with E-state index in [2.05, 4.69) is 9.97 Å². The van der Waals surface area contributed by atoms with Gasteiger partial charge >= 0.3 is 0 Å². The summed E-state index contributed by atoms with van der Waals surface area (Å²) in [6.45, 7) is 3.79. The predicted octanol–water partition coefficient (Wildman–Crippen LogP) is 2.65. The van der Waals surface area contributed by atoms with E-state index in [4.69, 9.17) is 0 Å². The molecule has 5 atom stereocenters. The largest absolute Gasteiger partial charge is 0.390 e. The summed E-state index contributed by atoms with van der Waals surface area (Å²) >= 11 is 0. The molecule has 2 aromatic rings. The maximum absolute atomic E-state index is 13.5. The number of benzene rings is 1. The Labute approximate surface area is 165 Å². The highest BCUT2D eigenvalue weighted by Gasteiger charge is 2.57. The molecule has 0 spiro atoms. The molecule has 2 fully saturated rings. The van der Waals surface area contributed by atoms with E-state index in [1.54, 1.807) is 19.3 Å². The Morgan fingerprint density at radius 2 is 1.82 bits per heavy atom. The molecule has 0 unspecified atom stereocenters. The van der Waals surface area contributed by atoms with E-state index >= 15 is 0 Å². The Morgan fingerprint density at radius 3 is 2.50 bits per heavy atom. The zero-order valence-electron chi connectivity index (χ0n) is 16.3. The summed E-state index contributed by atoms with van der Waals surface area (Å²) in [4.78, 5) is 23.8. The van der Waals surface area contributed by atoms with Crippen LogP contribution < -0.4 is 0 Å². The highest BCUT2D eigenvalue weighted by molar-refractivity contribution is 5.94. The van der Waals surface area contributed by atoms with Crippen molar-refractivity contribution >= 4 is 5.91 Å². The van der Waals surface area contributed by atoms with Crippen LogP contribution in [0.3, 0.4) is 0 Å². The number of aryl methyl sites for hydroxylation is 1. The molecule has 1 aliphatic heterocycles. The number of nitrogens with zero attached hydrogens (tertiary/aromatic N) is 3. The fraction of sp³-hybridized carbons (Fsp3) is 0.500. The summed E-state index contributed by atoms with van der Waals surface area (Å²) < 4.78 is 0. The first-order valence-corrected chi connectivity index (χ1v) is 9.94. The summed E-state index contributed by atoms with van der Waals surface area (Å²) in [6, 6.07) is 9.62. The molecule has 1 saturated heterocycles. The number of aliphatic hydroxyl groups excluding tert-OH is 2. The number of carbonyl (C=O) groups excluding carboxylic acids is 1. The number of carbonyl (C=O) groups is 1. The van der Waals surface area contributed by atoms with Crippen LogP contribution in [0.1, 0.15) is 60.4 Å². The van der Waals surface area contributed by atoms with Gasteiger partial charge in [0.1, 0.15) is 5.82 Å². The molecule has 0 radical (unpaired) electrons. The molecule has 6 nitrogen and oxygen atoms in total. The van der Waals surface area contributed by atoms with Crippen LogP contribution in [0.15, 0.2) is 42.7 Å². The Morgan fingerprint density at radius 1 is 1.14 bits per heavy atom. The van der Waals surface area contributed by atoms with Gasteiger partial charge in [-0.25, -0.2) is 9.97 Å². The van der Waals surface area contributed by atoms with Crippen LogP contribution in [0, 0.1) is 12.3 Å². The van der Waals surface area contributed by atoms with Crippen molar-refractivity contribution in [1.29, 1.82) is 0 Å². The lowest BCUT2D eigenvalue weighted by Gasteiger charge is -2.38. The molecule has 1 aromatic heterocycles. The molecule has 1 aromatic carbocycles. The first-order chi connectivity index (χ1) is 13.4. The average Bonchev–Trinajstić information content (AvgIpc) is 2.96. The molecule has 6 heteroatoms. The molecule has 1 aliphatic carbocycles. The highest BCUT2D eigenvalue weighted by Crippen LogP contribution is 2.53. The van der Waals surface area contributed by atoms with Gasteiger partial charge in [0.2, 0.25) is 0 Å². The third-order valence-electron chi connectivity index (χ3n) is 6.53. The lowest BCUT2D eigenvalue weighted by Crippen LogP contribution is -2.49. The summed E-state index contributed by atoms with van der Waals surface area (Å²) in [5.41, 5.74) is 0.924. The predicted molar refractivity (Wildman–Crippen MR) is 104 cm³/mol. The number of hydrogen-bond donors (Lipinski definition) is 2. The average molecular weight is 381 g/mol. The van der Waals surface area contributed by atoms with Crippen molar-refractivity contribution in [3.05, 3.63) is 59.7 Å². The standard InChI is InChI=1S/C22H27N3O3/c1-14-23-12-16(13-24-14)21(28)25-17(15-7-4-3-5-8-15)11-22(2)19(25)10-6-9-18(26)20(22)27/h3-5,7-8,12-13,17-20,26-27H,6,9-11H2,1-2H3/t17-,18-,19-,20+,22-/m1/s1. The lowest BCUT2D eigenvalue weighted by molar-refractivity contribution is -0.0612. The zero-order valence-corrected chi connectivity index (χ0v) is 16.3. The molecular weight excluding hydrogens is 354 g/mol. The monoisotopic (exact) mass is 381 g/mol. The van der Waals surface area contributed by atoms with Crippen molar-refractivity contribution in [2.45, 2.75) is 63.8 Å². The number of likely N-dealkylation sites (tertiary alicyclic amines) is 1. The second-order valence-corrected chi connectivity index (χ2v) is 8.33. The fourth-order valence-electron chi connectivity index (χ4n) is 4.98. The smallest absolute Gasteiger partial charge is 0.257 e. The minimum Gasteiger partial charge on any atom is -0.390 e. The highest BCUT2D eigenvalue weighted by atomic mass is 16.3. The Hall–Kier alpha value is -2.31. The number of rotatable bonds is 2. The summed E-state index contributed by atoms with van der Waals surface area (Å²) in [5, 5.41) is 21.4. The van der Waals surface area contributed by atoms with Crippen molar-refractivity contribution in [1.82, 2.24) is 14.9 Å². The molecule has 0 bridgehead atoms. The molecule has 2 heterocycles. The molecule has 1 saturated carbocycles. The van der Waals surface area contributed by atoms with E-state index in [0.29, 0.717) is 24.2 Å². The third-order valence-corrected chi connectivity index (χ3v) is 6.53. The van der Waals surface area contributed by atoms with Crippen molar-refractivity contribution in [2.24, 2.45) is 5.41 Å². The number of hydrogen-bond acceptors (Lipinski definition) is 5. The van der Waals surface area contributed by atoms with Crippen LogP contribution >= 0.6 is 0 Å². The van der Waals surface area contributed by atoms with Crippen molar-refractivity contribution in [3.63, 3.8) is 0 Å². The van der Waals surface area contributed by atoms with Gasteiger partial charge in [-0.1, -0.05) is 37.3 Å². The number of amides is 1. The van der Waals surface area contributed by atoms with Gasteiger partial charge in [0, 0.05) is 23.9 Å². The molecule has 1 amide bonds. The van der Waals surface area contributed by atoms with Crippen molar-refractivity contribution in [2.75, 3.05) is 0 Å². The number of fused-ring (bicyclic) bond motifs is 1. The molecule has 2 aliphatic rings. The minimum atomic E-state index is -0.863. The van der Waals surface area contributed by atoms with E-state index in [1.165, 1.54) is 0 Å². The van der Waals surface area contributed by atoms with Gasteiger partial charge in [0.15, 0.2) is 0 Å². The maximum atomic E-state index is 13.5. The van der Waals surface area contributed by atoms with Crippen LogP contribution in [0.5, 0.6) is 0 Å².